The zero-order valence-corrected chi connectivity index (χ0v) is 11.8. The van der Waals surface area contributed by atoms with Crippen molar-refractivity contribution >= 4 is 21.4 Å². The second kappa shape index (κ2) is 7.05. The van der Waals surface area contributed by atoms with E-state index in [1.807, 2.05) is 12.3 Å². The molecule has 0 fully saturated rings. The summed E-state index contributed by atoms with van der Waals surface area (Å²) in [5, 5.41) is 4.54. The molecule has 0 bridgehead atoms. The topological polar surface area (TPSA) is 71.1 Å². The summed E-state index contributed by atoms with van der Waals surface area (Å²) in [6.45, 7) is 5.31. The van der Waals surface area contributed by atoms with Gasteiger partial charge in [-0.25, -0.2) is 18.1 Å². The van der Waals surface area contributed by atoms with Crippen LogP contribution in [0.1, 0.15) is 19.5 Å². The molecule has 98 valence electrons. The number of hydrogen-bond donors (Lipinski definition) is 2. The lowest BCUT2D eigenvalue weighted by molar-refractivity contribution is 0.560. The fraction of sp³-hybridized carbons (Fsp3) is 0.700. The average molecular weight is 277 g/mol. The maximum absolute atomic E-state index is 11.8. The van der Waals surface area contributed by atoms with Crippen molar-refractivity contribution in [3.63, 3.8) is 0 Å². The minimum Gasteiger partial charge on any atom is -0.316 e. The van der Waals surface area contributed by atoms with E-state index in [1.54, 1.807) is 12.4 Å². The Hall–Kier alpha value is -0.500. The van der Waals surface area contributed by atoms with Crippen molar-refractivity contribution in [3.8, 4) is 0 Å². The Balaban J connectivity index is 2.33. The van der Waals surface area contributed by atoms with Crippen LogP contribution in [0, 0.1) is 0 Å². The molecule has 1 aromatic rings. The number of hydrogen-bond acceptors (Lipinski definition) is 5. The van der Waals surface area contributed by atoms with Gasteiger partial charge < -0.3 is 5.32 Å². The first-order chi connectivity index (χ1) is 8.06. The fourth-order valence-corrected chi connectivity index (χ4v) is 2.88. The molecule has 5 nitrogen and oxygen atoms in total. The van der Waals surface area contributed by atoms with Gasteiger partial charge in [-0.15, -0.1) is 11.3 Å². The molecular weight excluding hydrogens is 258 g/mol. The summed E-state index contributed by atoms with van der Waals surface area (Å²) in [5.41, 5.74) is 2.68. The van der Waals surface area contributed by atoms with Gasteiger partial charge in [0.15, 0.2) is 0 Å². The summed E-state index contributed by atoms with van der Waals surface area (Å²) in [5.74, 6) is 0. The van der Waals surface area contributed by atoms with E-state index in [-0.39, 0.29) is 0 Å². The van der Waals surface area contributed by atoms with Gasteiger partial charge in [-0.3, -0.25) is 0 Å². The number of sulfonamides is 1. The zero-order valence-electron chi connectivity index (χ0n) is 10.1. The number of rotatable bonds is 8. The molecule has 0 saturated heterocycles. The van der Waals surface area contributed by atoms with Crippen LogP contribution in [0.5, 0.6) is 0 Å². The Morgan fingerprint density at radius 2 is 2.29 bits per heavy atom. The van der Waals surface area contributed by atoms with Crippen LogP contribution >= 0.6 is 11.3 Å². The standard InChI is InChI=1S/C10H19N3O2S2/c1-3-11-6-9(2)17(14,15)13-5-4-10-7-16-8-12-10/h7-9,11,13H,3-6H2,1-2H3. The number of nitrogens with zero attached hydrogens (tertiary/aromatic N) is 1. The van der Waals surface area contributed by atoms with Gasteiger partial charge in [-0.05, 0) is 13.5 Å². The molecule has 0 aliphatic carbocycles. The van der Waals surface area contributed by atoms with E-state index in [1.165, 1.54) is 11.3 Å². The summed E-state index contributed by atoms with van der Waals surface area (Å²) in [6, 6.07) is 0. The predicted octanol–water partition coefficient (Wildman–Crippen LogP) is 0.603. The van der Waals surface area contributed by atoms with E-state index in [2.05, 4.69) is 15.0 Å². The van der Waals surface area contributed by atoms with E-state index in [0.717, 1.165) is 12.2 Å². The molecule has 0 radical (unpaired) electrons. The molecule has 1 unspecified atom stereocenters. The van der Waals surface area contributed by atoms with E-state index in [4.69, 9.17) is 0 Å². The van der Waals surface area contributed by atoms with Gasteiger partial charge in [0, 0.05) is 24.9 Å². The Bertz CT molecular complexity index is 403. The van der Waals surface area contributed by atoms with Crippen molar-refractivity contribution in [3.05, 3.63) is 16.6 Å². The first kappa shape index (κ1) is 14.6. The highest BCUT2D eigenvalue weighted by molar-refractivity contribution is 7.90. The van der Waals surface area contributed by atoms with E-state index in [9.17, 15) is 8.42 Å². The van der Waals surface area contributed by atoms with Crippen molar-refractivity contribution in [1.82, 2.24) is 15.0 Å². The maximum atomic E-state index is 11.8. The number of aromatic nitrogens is 1. The van der Waals surface area contributed by atoms with Crippen molar-refractivity contribution in [2.45, 2.75) is 25.5 Å². The normalized spacial score (nSPS) is 13.8. The van der Waals surface area contributed by atoms with Crippen LogP contribution in [0.25, 0.3) is 0 Å². The highest BCUT2D eigenvalue weighted by Gasteiger charge is 2.19. The van der Waals surface area contributed by atoms with Crippen molar-refractivity contribution in [2.24, 2.45) is 0 Å². The van der Waals surface area contributed by atoms with Crippen LogP contribution in [0.2, 0.25) is 0 Å². The van der Waals surface area contributed by atoms with Gasteiger partial charge in [0.05, 0.1) is 16.5 Å². The van der Waals surface area contributed by atoms with Crippen LogP contribution in [-0.2, 0) is 16.4 Å². The molecule has 1 aromatic heterocycles. The first-order valence-corrected chi connectivity index (χ1v) is 8.11. The first-order valence-electron chi connectivity index (χ1n) is 5.62. The van der Waals surface area contributed by atoms with Gasteiger partial charge in [0.25, 0.3) is 0 Å². The largest absolute Gasteiger partial charge is 0.316 e. The molecule has 1 heterocycles. The van der Waals surface area contributed by atoms with E-state index >= 15 is 0 Å². The molecule has 2 N–H and O–H groups in total. The second-order valence-corrected chi connectivity index (χ2v) is 6.69. The lowest BCUT2D eigenvalue weighted by Crippen LogP contribution is -2.39. The van der Waals surface area contributed by atoms with Crippen LogP contribution in [0.4, 0.5) is 0 Å². The lowest BCUT2D eigenvalue weighted by atomic mass is 10.3. The van der Waals surface area contributed by atoms with Gasteiger partial charge in [0.1, 0.15) is 0 Å². The zero-order chi connectivity index (χ0) is 12.7. The van der Waals surface area contributed by atoms with Gasteiger partial charge in [-0.2, -0.15) is 0 Å². The van der Waals surface area contributed by atoms with Crippen LogP contribution in [-0.4, -0.2) is 38.3 Å². The van der Waals surface area contributed by atoms with Crippen molar-refractivity contribution in [1.29, 1.82) is 0 Å². The molecule has 0 aliphatic rings. The van der Waals surface area contributed by atoms with E-state index < -0.39 is 15.3 Å². The summed E-state index contributed by atoms with van der Waals surface area (Å²) in [6.07, 6.45) is 0.636. The third-order valence-corrected chi connectivity index (χ3v) is 4.85. The Labute approximate surface area is 107 Å². The third kappa shape index (κ3) is 5.12. The SMILES string of the molecule is CCNCC(C)S(=O)(=O)NCCc1cscn1. The molecule has 17 heavy (non-hydrogen) atoms. The summed E-state index contributed by atoms with van der Waals surface area (Å²) >= 11 is 1.52. The van der Waals surface area contributed by atoms with Crippen molar-refractivity contribution in [2.75, 3.05) is 19.6 Å². The second-order valence-electron chi connectivity index (χ2n) is 3.79. The Morgan fingerprint density at radius 1 is 1.53 bits per heavy atom. The molecule has 7 heteroatoms. The average Bonchev–Trinajstić information content (AvgIpc) is 2.78. The van der Waals surface area contributed by atoms with Crippen LogP contribution < -0.4 is 10.0 Å². The molecule has 0 aromatic carbocycles. The molecule has 0 saturated carbocycles. The van der Waals surface area contributed by atoms with Gasteiger partial charge in [0.2, 0.25) is 10.0 Å². The highest BCUT2D eigenvalue weighted by atomic mass is 32.2. The summed E-state index contributed by atoms with van der Waals surface area (Å²) in [4.78, 5) is 4.10. The molecule has 1 atom stereocenters. The maximum Gasteiger partial charge on any atom is 0.215 e. The third-order valence-electron chi connectivity index (χ3n) is 2.38. The minimum absolute atomic E-state index is 0.405. The van der Waals surface area contributed by atoms with Gasteiger partial charge in [-0.1, -0.05) is 6.92 Å². The van der Waals surface area contributed by atoms with Gasteiger partial charge >= 0.3 is 0 Å². The highest BCUT2D eigenvalue weighted by Crippen LogP contribution is 2.02. The molecule has 0 spiro atoms. The smallest absolute Gasteiger partial charge is 0.215 e. The van der Waals surface area contributed by atoms with E-state index in [0.29, 0.717) is 19.5 Å². The summed E-state index contributed by atoms with van der Waals surface area (Å²) < 4.78 is 26.2. The fourth-order valence-electron chi connectivity index (χ4n) is 1.28. The molecule has 1 rings (SSSR count). The Morgan fingerprint density at radius 3 is 2.88 bits per heavy atom. The minimum atomic E-state index is -3.22. The van der Waals surface area contributed by atoms with Crippen molar-refractivity contribution < 1.29 is 8.42 Å². The Kier molecular flexibility index (Phi) is 6.04. The number of thiazole rings is 1. The molecular formula is C10H19N3O2S2. The monoisotopic (exact) mass is 277 g/mol. The predicted molar refractivity (Wildman–Crippen MR) is 70.7 cm³/mol. The number of nitrogens with one attached hydrogen (secondary N) is 2. The summed E-state index contributed by atoms with van der Waals surface area (Å²) in [7, 11) is -3.22. The lowest BCUT2D eigenvalue weighted by Gasteiger charge is -2.13. The van der Waals surface area contributed by atoms with Crippen LogP contribution in [0.3, 0.4) is 0 Å². The molecule has 0 amide bonds. The molecule has 0 aliphatic heterocycles. The quantitative estimate of drug-likeness (QED) is 0.730. The van der Waals surface area contributed by atoms with Crippen LogP contribution in [0.15, 0.2) is 10.9 Å².